The highest BCUT2D eigenvalue weighted by Gasteiger charge is 2.40. The summed E-state index contributed by atoms with van der Waals surface area (Å²) in [4.78, 5) is 0. The van der Waals surface area contributed by atoms with Crippen molar-refractivity contribution in [2.75, 3.05) is 12.4 Å². The number of hydrogen-bond donors (Lipinski definition) is 1. The molecule has 1 fully saturated rings. The van der Waals surface area contributed by atoms with Gasteiger partial charge < -0.3 is 5.32 Å². The third-order valence-corrected chi connectivity index (χ3v) is 2.48. The molecule has 0 amide bonds. The van der Waals surface area contributed by atoms with Crippen LogP contribution in [-0.4, -0.2) is 18.0 Å². The van der Waals surface area contributed by atoms with Crippen LogP contribution >= 0.6 is 23.2 Å². The van der Waals surface area contributed by atoms with E-state index in [0.717, 1.165) is 6.54 Å². The average molecular weight is 180 g/mol. The summed E-state index contributed by atoms with van der Waals surface area (Å²) >= 11 is 11.1. The topological polar surface area (TPSA) is 12.0 Å². The Balaban J connectivity index is 2.12. The summed E-state index contributed by atoms with van der Waals surface area (Å²) in [5.74, 6) is 0.711. The molecule has 58 valence electrons. The molecular formula is C7H11Cl2N. The fourth-order valence-electron chi connectivity index (χ4n) is 0.829. The summed E-state index contributed by atoms with van der Waals surface area (Å²) in [6.07, 6.45) is 4.29. The van der Waals surface area contributed by atoms with Crippen molar-refractivity contribution in [2.24, 2.45) is 0 Å². The molecule has 0 aromatic carbocycles. The van der Waals surface area contributed by atoms with Crippen molar-refractivity contribution in [2.45, 2.75) is 18.4 Å². The zero-order valence-corrected chi connectivity index (χ0v) is 7.25. The summed E-state index contributed by atoms with van der Waals surface area (Å²) < 4.78 is 0. The lowest BCUT2D eigenvalue weighted by Crippen LogP contribution is -2.32. The Bertz CT molecular complexity index is 130. The minimum absolute atomic E-state index is 0.248. The van der Waals surface area contributed by atoms with Gasteiger partial charge in [0.25, 0.3) is 0 Å². The lowest BCUT2D eigenvalue weighted by molar-refractivity contribution is 0.582. The van der Waals surface area contributed by atoms with Crippen LogP contribution in [0.4, 0.5) is 0 Å². The summed E-state index contributed by atoms with van der Waals surface area (Å²) in [6.45, 7) is 0.830. The predicted molar refractivity (Wildman–Crippen MR) is 45.7 cm³/mol. The van der Waals surface area contributed by atoms with Gasteiger partial charge >= 0.3 is 0 Å². The summed E-state index contributed by atoms with van der Waals surface area (Å²) in [6, 6.07) is 0. The first-order chi connectivity index (χ1) is 4.83. The largest absolute Gasteiger partial charge is 0.307 e. The summed E-state index contributed by atoms with van der Waals surface area (Å²) in [5.41, 5.74) is 1.77. The molecule has 0 atom stereocenters. The molecule has 0 radical (unpaired) electrons. The fourth-order valence-corrected chi connectivity index (χ4v) is 1.28. The van der Waals surface area contributed by atoms with E-state index in [0.29, 0.717) is 5.88 Å². The second-order valence-electron chi connectivity index (χ2n) is 2.66. The van der Waals surface area contributed by atoms with Crippen LogP contribution in [0.1, 0.15) is 12.8 Å². The molecule has 0 saturated heterocycles. The first kappa shape index (κ1) is 8.38. The normalized spacial score (nSPS) is 21.8. The molecule has 0 aromatic heterocycles. The van der Waals surface area contributed by atoms with Gasteiger partial charge in [0, 0.05) is 23.5 Å². The van der Waals surface area contributed by atoms with Crippen LogP contribution in [0.2, 0.25) is 0 Å². The smallest absolute Gasteiger partial charge is 0.0406 e. The number of halogens is 2. The molecule has 0 spiro atoms. The van der Waals surface area contributed by atoms with E-state index >= 15 is 0 Å². The quantitative estimate of drug-likeness (QED) is 0.653. The third-order valence-electron chi connectivity index (χ3n) is 1.79. The van der Waals surface area contributed by atoms with Gasteiger partial charge in [0.15, 0.2) is 0 Å². The monoisotopic (exact) mass is 179 g/mol. The Hall–Kier alpha value is 0.280. The van der Waals surface area contributed by atoms with Crippen LogP contribution in [0, 0.1) is 0 Å². The van der Waals surface area contributed by atoms with Crippen molar-refractivity contribution >= 4 is 23.2 Å². The van der Waals surface area contributed by atoms with E-state index in [9.17, 15) is 0 Å². The number of rotatable bonds is 4. The molecule has 0 aromatic rings. The molecule has 1 rings (SSSR count). The van der Waals surface area contributed by atoms with Gasteiger partial charge in [-0.2, -0.15) is 0 Å². The molecule has 0 unspecified atom stereocenters. The van der Waals surface area contributed by atoms with Gasteiger partial charge in [0.05, 0.1) is 0 Å². The van der Waals surface area contributed by atoms with Crippen LogP contribution in [-0.2, 0) is 0 Å². The Kier molecular flexibility index (Phi) is 3.02. The van der Waals surface area contributed by atoms with Gasteiger partial charge in [-0.15, -0.1) is 11.6 Å². The van der Waals surface area contributed by atoms with E-state index < -0.39 is 0 Å². The predicted octanol–water partition coefficient (Wildman–Crippen LogP) is 2.10. The van der Waals surface area contributed by atoms with E-state index in [1.807, 2.05) is 6.08 Å². The second-order valence-corrected chi connectivity index (χ2v) is 3.18. The van der Waals surface area contributed by atoms with Crippen LogP contribution in [0.15, 0.2) is 11.6 Å². The van der Waals surface area contributed by atoms with Gasteiger partial charge in [-0.25, -0.2) is 0 Å². The number of nitrogens with one attached hydrogen (secondary N) is 1. The Labute approximate surface area is 71.4 Å². The molecule has 0 heterocycles. The summed E-state index contributed by atoms with van der Waals surface area (Å²) in [5, 5.41) is 3.32. The SMILES string of the molecule is Cl/C=C/CNC1(CCl)CC1. The van der Waals surface area contributed by atoms with Crippen molar-refractivity contribution < 1.29 is 0 Å². The van der Waals surface area contributed by atoms with E-state index in [1.165, 1.54) is 18.4 Å². The minimum Gasteiger partial charge on any atom is -0.307 e. The van der Waals surface area contributed by atoms with Crippen LogP contribution in [0.5, 0.6) is 0 Å². The number of alkyl halides is 1. The van der Waals surface area contributed by atoms with Crippen LogP contribution in [0.25, 0.3) is 0 Å². The molecule has 1 saturated carbocycles. The number of hydrogen-bond acceptors (Lipinski definition) is 1. The Morgan fingerprint density at radius 1 is 1.50 bits per heavy atom. The molecule has 1 aliphatic rings. The summed E-state index contributed by atoms with van der Waals surface area (Å²) in [7, 11) is 0. The highest BCUT2D eigenvalue weighted by Crippen LogP contribution is 2.35. The van der Waals surface area contributed by atoms with Crippen molar-refractivity contribution in [3.63, 3.8) is 0 Å². The van der Waals surface area contributed by atoms with Crippen LogP contribution < -0.4 is 5.32 Å². The maximum absolute atomic E-state index is 5.72. The maximum Gasteiger partial charge on any atom is 0.0406 e. The molecule has 0 bridgehead atoms. The highest BCUT2D eigenvalue weighted by molar-refractivity contribution is 6.25. The molecule has 3 heteroatoms. The lowest BCUT2D eigenvalue weighted by Gasteiger charge is -2.10. The van der Waals surface area contributed by atoms with Crippen molar-refractivity contribution in [3.8, 4) is 0 Å². The standard InChI is InChI=1S/C7H11Cl2N/c8-4-1-5-10-7(6-9)2-3-7/h1,4,10H,2-3,5-6H2/b4-1+. The van der Waals surface area contributed by atoms with E-state index in [1.54, 1.807) is 0 Å². The Morgan fingerprint density at radius 2 is 2.20 bits per heavy atom. The third kappa shape index (κ3) is 2.15. The lowest BCUT2D eigenvalue weighted by atomic mass is 10.3. The maximum atomic E-state index is 5.72. The highest BCUT2D eigenvalue weighted by atomic mass is 35.5. The molecule has 1 nitrogen and oxygen atoms in total. The zero-order valence-electron chi connectivity index (χ0n) is 5.74. The average Bonchev–Trinajstić information content (AvgIpc) is 2.70. The molecule has 1 N–H and O–H groups in total. The first-order valence-corrected chi connectivity index (χ1v) is 4.36. The molecule has 1 aliphatic carbocycles. The van der Waals surface area contributed by atoms with Gasteiger partial charge in [-0.05, 0) is 12.8 Å². The fraction of sp³-hybridized carbons (Fsp3) is 0.714. The Morgan fingerprint density at radius 3 is 2.60 bits per heavy atom. The second kappa shape index (κ2) is 3.61. The molecular weight excluding hydrogens is 169 g/mol. The molecule has 0 aliphatic heterocycles. The van der Waals surface area contributed by atoms with Gasteiger partial charge in [-0.1, -0.05) is 17.7 Å². The van der Waals surface area contributed by atoms with Gasteiger partial charge in [0.1, 0.15) is 0 Å². The zero-order chi connectivity index (χ0) is 7.45. The van der Waals surface area contributed by atoms with Crippen molar-refractivity contribution in [1.82, 2.24) is 5.32 Å². The van der Waals surface area contributed by atoms with Crippen molar-refractivity contribution in [1.29, 1.82) is 0 Å². The van der Waals surface area contributed by atoms with E-state index in [4.69, 9.17) is 23.2 Å². The van der Waals surface area contributed by atoms with E-state index in [-0.39, 0.29) is 5.54 Å². The minimum atomic E-state index is 0.248. The van der Waals surface area contributed by atoms with Crippen LogP contribution in [0.3, 0.4) is 0 Å². The first-order valence-electron chi connectivity index (χ1n) is 3.39. The van der Waals surface area contributed by atoms with Gasteiger partial charge in [0.2, 0.25) is 0 Å². The molecule has 10 heavy (non-hydrogen) atoms. The van der Waals surface area contributed by atoms with E-state index in [2.05, 4.69) is 5.32 Å². The van der Waals surface area contributed by atoms with Gasteiger partial charge in [-0.3, -0.25) is 0 Å². The van der Waals surface area contributed by atoms with Crippen molar-refractivity contribution in [3.05, 3.63) is 11.6 Å².